The number of amides is 4. The highest BCUT2D eigenvalue weighted by molar-refractivity contribution is 14.1. The number of phenolic OH excluding ortho intramolecular Hbond substituents is 1. The number of hydrogen-bond donors (Lipinski definition) is 2. The number of nitrogens with one attached hydrogen (secondary N) is 1. The Hall–Kier alpha value is -6.08. The molecule has 58 heavy (non-hydrogen) atoms. The predicted octanol–water partition coefficient (Wildman–Crippen LogP) is 7.73. The molecule has 2 N–H and O–H groups in total. The fourth-order valence-electron chi connectivity index (χ4n) is 9.81. The molecule has 6 atom stereocenters. The summed E-state index contributed by atoms with van der Waals surface area (Å²) in [7, 11) is 1.46. The fourth-order valence-corrected chi connectivity index (χ4v) is 10.4. The van der Waals surface area contributed by atoms with E-state index in [0.717, 1.165) is 16.1 Å². The first-order valence-electron chi connectivity index (χ1n) is 19.2. The summed E-state index contributed by atoms with van der Waals surface area (Å²) in [6.45, 7) is 1.95. The third-order valence-electron chi connectivity index (χ3n) is 12.4. The monoisotopic (exact) mass is 883 g/mol. The summed E-state index contributed by atoms with van der Waals surface area (Å²) in [6.07, 6.45) is 2.38. The Kier molecular flexibility index (Phi) is 9.30. The first-order valence-corrected chi connectivity index (χ1v) is 20.2. The molecule has 0 radical (unpaired) electrons. The minimum atomic E-state index is -1.47. The van der Waals surface area contributed by atoms with Gasteiger partial charge in [0.25, 0.3) is 11.8 Å². The number of aryl methyl sites for hydroxylation is 1. The Morgan fingerprint density at radius 1 is 0.810 bits per heavy atom. The highest BCUT2D eigenvalue weighted by atomic mass is 127. The molecule has 2 aliphatic heterocycles. The number of imide groups is 2. The standard InChI is InChI=1S/C47H38IN3O7/c1-26-13-17-31(18-14-26)49-51-44(55)36-25-35-33(40(29-23-37(48)42(53)38(24-29)58-2)47(36,46(51)57)30-11-7-4-8-12-30)21-22-34-39(35)45(56)50(43(34)54)32-19-15-28(16-20-32)41(52)27-9-5-3-6-10-27/h3-21,23-24,34-36,39-40,49,53H,22,25H2,1-2H3. The van der Waals surface area contributed by atoms with Gasteiger partial charge in [0.1, 0.15) is 0 Å². The topological polar surface area (TPSA) is 133 Å². The van der Waals surface area contributed by atoms with E-state index in [9.17, 15) is 24.3 Å². The number of carbonyl (C=O) groups is 5. The van der Waals surface area contributed by atoms with Crippen LogP contribution in [-0.4, -0.2) is 46.6 Å². The number of carbonyl (C=O) groups excluding carboxylic acids is 5. The number of nitrogens with zero attached hydrogens (tertiary/aromatic N) is 2. The molecule has 4 aliphatic rings. The number of phenols is 1. The summed E-state index contributed by atoms with van der Waals surface area (Å²) in [5.41, 5.74) is 6.61. The van der Waals surface area contributed by atoms with Crippen LogP contribution in [-0.2, 0) is 24.6 Å². The summed E-state index contributed by atoms with van der Waals surface area (Å²) in [4.78, 5) is 73.9. The van der Waals surface area contributed by atoms with Crippen molar-refractivity contribution < 1.29 is 33.8 Å². The van der Waals surface area contributed by atoms with E-state index in [1.54, 1.807) is 60.7 Å². The quantitative estimate of drug-likeness (QED) is 0.0701. The number of rotatable bonds is 8. The van der Waals surface area contributed by atoms with Crippen molar-refractivity contribution in [2.45, 2.75) is 31.1 Å². The van der Waals surface area contributed by atoms with Crippen LogP contribution < -0.4 is 15.1 Å². The van der Waals surface area contributed by atoms with Gasteiger partial charge in [0.2, 0.25) is 11.8 Å². The number of hydrogen-bond acceptors (Lipinski definition) is 8. The Balaban J connectivity index is 1.17. The molecular weight excluding hydrogens is 845 g/mol. The molecule has 2 aliphatic carbocycles. The first kappa shape index (κ1) is 37.5. The average molecular weight is 884 g/mol. The van der Waals surface area contributed by atoms with Gasteiger partial charge in [-0.2, -0.15) is 5.01 Å². The number of fused-ring (bicyclic) bond motifs is 4. The molecular formula is C47H38IN3O7. The van der Waals surface area contributed by atoms with E-state index in [1.165, 1.54) is 12.0 Å². The number of benzene rings is 5. The maximum atomic E-state index is 15.4. The summed E-state index contributed by atoms with van der Waals surface area (Å²) < 4.78 is 6.13. The van der Waals surface area contributed by atoms with E-state index in [4.69, 9.17) is 4.74 Å². The number of methoxy groups -OCH3 is 1. The van der Waals surface area contributed by atoms with Crippen molar-refractivity contribution in [3.05, 3.63) is 164 Å². The molecule has 2 heterocycles. The third kappa shape index (κ3) is 5.69. The predicted molar refractivity (Wildman–Crippen MR) is 225 cm³/mol. The molecule has 0 spiro atoms. The Morgan fingerprint density at radius 2 is 1.47 bits per heavy atom. The van der Waals surface area contributed by atoms with Gasteiger partial charge in [-0.25, -0.2) is 0 Å². The maximum Gasteiger partial charge on any atom is 0.260 e. The van der Waals surface area contributed by atoms with Crippen molar-refractivity contribution in [2.24, 2.45) is 23.7 Å². The number of hydrazine groups is 1. The zero-order valence-electron chi connectivity index (χ0n) is 31.6. The lowest BCUT2D eigenvalue weighted by Crippen LogP contribution is -2.53. The molecule has 3 fully saturated rings. The number of anilines is 2. The molecule has 0 bridgehead atoms. The number of aromatic hydroxyl groups is 1. The molecule has 5 aromatic carbocycles. The smallest absolute Gasteiger partial charge is 0.260 e. The molecule has 6 unspecified atom stereocenters. The second-order valence-electron chi connectivity index (χ2n) is 15.4. The number of allylic oxidation sites excluding steroid dienone is 2. The molecule has 4 amide bonds. The summed E-state index contributed by atoms with van der Waals surface area (Å²) in [5.74, 6) is -5.45. The minimum Gasteiger partial charge on any atom is -0.504 e. The van der Waals surface area contributed by atoms with Gasteiger partial charge in [-0.3, -0.25) is 34.3 Å². The molecule has 10 nitrogen and oxygen atoms in total. The van der Waals surface area contributed by atoms with Crippen LogP contribution in [0.1, 0.15) is 51.4 Å². The van der Waals surface area contributed by atoms with Crippen molar-refractivity contribution in [3.8, 4) is 11.5 Å². The average Bonchev–Trinajstić information content (AvgIpc) is 3.63. The molecule has 0 aromatic heterocycles. The largest absolute Gasteiger partial charge is 0.504 e. The van der Waals surface area contributed by atoms with Crippen LogP contribution in [0.3, 0.4) is 0 Å². The van der Waals surface area contributed by atoms with Gasteiger partial charge >= 0.3 is 0 Å². The Bertz CT molecular complexity index is 2540. The van der Waals surface area contributed by atoms with Crippen molar-refractivity contribution in [1.29, 1.82) is 0 Å². The maximum absolute atomic E-state index is 15.4. The SMILES string of the molecule is COc1cc(C2C3=CCC4C(=O)N(c5ccc(C(=O)c6ccccc6)cc5)C(=O)C4C3CC3C(=O)N(Nc4ccc(C)cc4)C(=O)C32c2ccccc2)cc(I)c1O. The van der Waals surface area contributed by atoms with E-state index >= 15 is 4.79 Å². The summed E-state index contributed by atoms with van der Waals surface area (Å²) >= 11 is 2.03. The second kappa shape index (κ2) is 14.4. The lowest BCUT2D eigenvalue weighted by atomic mass is 9.49. The zero-order chi connectivity index (χ0) is 40.5. The van der Waals surface area contributed by atoms with Crippen LogP contribution in [0.5, 0.6) is 11.5 Å². The van der Waals surface area contributed by atoms with E-state index in [1.807, 2.05) is 96.3 Å². The van der Waals surface area contributed by atoms with Crippen LogP contribution >= 0.6 is 22.6 Å². The van der Waals surface area contributed by atoms with Crippen LogP contribution in [0.15, 0.2) is 133 Å². The van der Waals surface area contributed by atoms with Gasteiger partial charge < -0.3 is 9.84 Å². The van der Waals surface area contributed by atoms with Crippen molar-refractivity contribution in [1.82, 2.24) is 5.01 Å². The van der Waals surface area contributed by atoms with Crippen LogP contribution in [0.2, 0.25) is 0 Å². The lowest BCUT2D eigenvalue weighted by Gasteiger charge is -2.50. The Morgan fingerprint density at radius 3 is 2.14 bits per heavy atom. The fraction of sp³-hybridized carbons (Fsp3) is 0.213. The van der Waals surface area contributed by atoms with E-state index in [-0.39, 0.29) is 41.9 Å². The van der Waals surface area contributed by atoms with Gasteiger partial charge in [0.15, 0.2) is 17.3 Å². The number of halogens is 1. The summed E-state index contributed by atoms with van der Waals surface area (Å²) in [6, 6.07) is 35.6. The molecule has 1 saturated carbocycles. The van der Waals surface area contributed by atoms with Gasteiger partial charge in [-0.05, 0) is 108 Å². The number of ketones is 1. The zero-order valence-corrected chi connectivity index (χ0v) is 33.8. The molecule has 2 saturated heterocycles. The highest BCUT2D eigenvalue weighted by Gasteiger charge is 2.70. The minimum absolute atomic E-state index is 0.0533. The molecule has 5 aromatic rings. The third-order valence-corrected chi connectivity index (χ3v) is 13.2. The first-order chi connectivity index (χ1) is 28.0. The molecule has 9 rings (SSSR count). The number of ether oxygens (including phenoxy) is 1. The Labute approximate surface area is 348 Å². The van der Waals surface area contributed by atoms with Crippen LogP contribution in [0, 0.1) is 34.2 Å². The normalized spacial score (nSPS) is 24.9. The second-order valence-corrected chi connectivity index (χ2v) is 16.6. The van der Waals surface area contributed by atoms with Crippen molar-refractivity contribution in [2.75, 3.05) is 17.4 Å². The highest BCUT2D eigenvalue weighted by Crippen LogP contribution is 2.64. The van der Waals surface area contributed by atoms with Crippen LogP contribution in [0.4, 0.5) is 11.4 Å². The van der Waals surface area contributed by atoms with E-state index in [0.29, 0.717) is 37.2 Å². The molecule has 11 heteroatoms. The van der Waals surface area contributed by atoms with Gasteiger partial charge in [-0.15, -0.1) is 0 Å². The van der Waals surface area contributed by atoms with Gasteiger partial charge in [0.05, 0.1) is 45.2 Å². The van der Waals surface area contributed by atoms with E-state index in [2.05, 4.69) is 5.43 Å². The van der Waals surface area contributed by atoms with Crippen LogP contribution in [0.25, 0.3) is 0 Å². The summed E-state index contributed by atoms with van der Waals surface area (Å²) in [5, 5.41) is 12.1. The van der Waals surface area contributed by atoms with Gasteiger partial charge in [0, 0.05) is 17.0 Å². The van der Waals surface area contributed by atoms with Crippen molar-refractivity contribution >= 4 is 63.4 Å². The van der Waals surface area contributed by atoms with Crippen molar-refractivity contribution in [3.63, 3.8) is 0 Å². The lowest BCUT2D eigenvalue weighted by molar-refractivity contribution is -0.138. The van der Waals surface area contributed by atoms with E-state index < -0.39 is 46.8 Å². The molecule has 290 valence electrons. The van der Waals surface area contributed by atoms with Gasteiger partial charge in [-0.1, -0.05) is 90.0 Å².